The Labute approximate surface area is 54.2 Å². The Balaban J connectivity index is 2.51. The number of carbonyl (C=O) groups is 1. The Morgan fingerprint density at radius 2 is 2.56 bits per heavy atom. The topological polar surface area (TPSA) is 52.3 Å². The molecule has 0 aromatic carbocycles. The van der Waals surface area contributed by atoms with Gasteiger partial charge in [0.25, 0.3) is 0 Å². The molecule has 1 heterocycles. The second-order valence-corrected chi connectivity index (χ2v) is 2.41. The molecule has 0 amide bonds. The van der Waals surface area contributed by atoms with Crippen LogP contribution in [-0.2, 0) is 9.53 Å². The molecule has 1 saturated heterocycles. The first-order valence-corrected chi connectivity index (χ1v) is 3.12. The number of nitrogens with two attached hydrogens (primary N) is 1. The molecule has 3 heteroatoms. The molecular formula is C6H11NO2. The van der Waals surface area contributed by atoms with Crippen molar-refractivity contribution in [3.8, 4) is 0 Å². The number of esters is 1. The van der Waals surface area contributed by atoms with Crippen molar-refractivity contribution in [3.63, 3.8) is 0 Å². The maximum atomic E-state index is 10.7. The summed E-state index contributed by atoms with van der Waals surface area (Å²) >= 11 is 0. The van der Waals surface area contributed by atoms with Gasteiger partial charge in [-0.2, -0.15) is 0 Å². The predicted molar refractivity (Wildman–Crippen MR) is 32.7 cm³/mol. The summed E-state index contributed by atoms with van der Waals surface area (Å²) in [4.78, 5) is 10.7. The van der Waals surface area contributed by atoms with Crippen LogP contribution in [0.1, 0.15) is 6.92 Å². The number of cyclic esters (lactones) is 1. The first-order valence-electron chi connectivity index (χ1n) is 3.12. The van der Waals surface area contributed by atoms with E-state index in [2.05, 4.69) is 0 Å². The third-order valence-corrected chi connectivity index (χ3v) is 1.82. The molecule has 0 aromatic heterocycles. The van der Waals surface area contributed by atoms with Gasteiger partial charge >= 0.3 is 5.97 Å². The highest BCUT2D eigenvalue weighted by Crippen LogP contribution is 2.19. The van der Waals surface area contributed by atoms with E-state index in [0.29, 0.717) is 13.2 Å². The van der Waals surface area contributed by atoms with Crippen molar-refractivity contribution >= 4 is 5.97 Å². The second kappa shape index (κ2) is 2.35. The van der Waals surface area contributed by atoms with Crippen molar-refractivity contribution in [2.24, 2.45) is 17.6 Å². The smallest absolute Gasteiger partial charge is 0.309 e. The molecule has 0 radical (unpaired) electrons. The van der Waals surface area contributed by atoms with Gasteiger partial charge in [-0.3, -0.25) is 4.79 Å². The molecule has 2 unspecified atom stereocenters. The molecule has 1 rings (SSSR count). The predicted octanol–water partition coefficient (Wildman–Crippen LogP) is -0.246. The van der Waals surface area contributed by atoms with Gasteiger partial charge in [0.2, 0.25) is 0 Å². The molecule has 52 valence electrons. The Bertz CT molecular complexity index is 124. The maximum Gasteiger partial charge on any atom is 0.309 e. The van der Waals surface area contributed by atoms with Crippen LogP contribution in [0, 0.1) is 11.8 Å². The van der Waals surface area contributed by atoms with Crippen molar-refractivity contribution in [2.45, 2.75) is 6.92 Å². The average molecular weight is 129 g/mol. The minimum Gasteiger partial charge on any atom is -0.465 e. The Kier molecular flexibility index (Phi) is 1.71. The lowest BCUT2D eigenvalue weighted by molar-refractivity contribution is -0.140. The summed E-state index contributed by atoms with van der Waals surface area (Å²) in [6, 6.07) is 0. The molecule has 0 aliphatic carbocycles. The molecule has 2 N–H and O–H groups in total. The van der Waals surface area contributed by atoms with E-state index in [0.717, 1.165) is 0 Å². The fourth-order valence-corrected chi connectivity index (χ4v) is 0.930. The van der Waals surface area contributed by atoms with Crippen LogP contribution in [-0.4, -0.2) is 19.1 Å². The van der Waals surface area contributed by atoms with E-state index in [1.807, 2.05) is 6.92 Å². The number of rotatable bonds is 1. The van der Waals surface area contributed by atoms with Gasteiger partial charge in [0, 0.05) is 5.92 Å². The molecule has 9 heavy (non-hydrogen) atoms. The van der Waals surface area contributed by atoms with Crippen molar-refractivity contribution in [3.05, 3.63) is 0 Å². The van der Waals surface area contributed by atoms with Gasteiger partial charge < -0.3 is 10.5 Å². The quantitative estimate of drug-likeness (QED) is 0.497. The molecule has 1 aliphatic rings. The maximum absolute atomic E-state index is 10.7. The zero-order chi connectivity index (χ0) is 6.85. The van der Waals surface area contributed by atoms with E-state index in [4.69, 9.17) is 10.5 Å². The van der Waals surface area contributed by atoms with Crippen LogP contribution < -0.4 is 5.73 Å². The van der Waals surface area contributed by atoms with Crippen LogP contribution in [0.15, 0.2) is 0 Å². The number of ether oxygens (including phenoxy) is 1. The summed E-state index contributed by atoms with van der Waals surface area (Å²) < 4.78 is 4.75. The van der Waals surface area contributed by atoms with Gasteiger partial charge in [0.05, 0.1) is 12.5 Å². The van der Waals surface area contributed by atoms with Gasteiger partial charge in [0.1, 0.15) is 0 Å². The van der Waals surface area contributed by atoms with Crippen LogP contribution in [0.4, 0.5) is 0 Å². The monoisotopic (exact) mass is 129 g/mol. The largest absolute Gasteiger partial charge is 0.465 e. The summed E-state index contributed by atoms with van der Waals surface area (Å²) in [6.45, 7) is 2.91. The minimum atomic E-state index is -0.106. The van der Waals surface area contributed by atoms with Crippen molar-refractivity contribution in [2.75, 3.05) is 13.2 Å². The summed E-state index contributed by atoms with van der Waals surface area (Å²) in [6.07, 6.45) is 0. The van der Waals surface area contributed by atoms with E-state index in [9.17, 15) is 4.79 Å². The van der Waals surface area contributed by atoms with Gasteiger partial charge in [-0.25, -0.2) is 0 Å². The SMILES string of the molecule is CC1C(=O)OCC1CN. The third-order valence-electron chi connectivity index (χ3n) is 1.82. The highest BCUT2D eigenvalue weighted by atomic mass is 16.5. The van der Waals surface area contributed by atoms with Crippen LogP contribution in [0.3, 0.4) is 0 Å². The number of hydrogen-bond acceptors (Lipinski definition) is 3. The van der Waals surface area contributed by atoms with Gasteiger partial charge in [-0.1, -0.05) is 6.92 Å². The van der Waals surface area contributed by atoms with Gasteiger partial charge in [-0.05, 0) is 6.54 Å². The Hall–Kier alpha value is -0.570. The van der Waals surface area contributed by atoms with E-state index < -0.39 is 0 Å². The molecule has 3 nitrogen and oxygen atoms in total. The Morgan fingerprint density at radius 1 is 1.89 bits per heavy atom. The second-order valence-electron chi connectivity index (χ2n) is 2.41. The highest BCUT2D eigenvalue weighted by molar-refractivity contribution is 5.74. The van der Waals surface area contributed by atoms with Crippen LogP contribution in [0.2, 0.25) is 0 Å². The molecular weight excluding hydrogens is 118 g/mol. The van der Waals surface area contributed by atoms with Gasteiger partial charge in [-0.15, -0.1) is 0 Å². The zero-order valence-electron chi connectivity index (χ0n) is 5.46. The number of hydrogen-bond donors (Lipinski definition) is 1. The molecule has 0 aromatic rings. The van der Waals surface area contributed by atoms with E-state index in [1.165, 1.54) is 0 Å². The average Bonchev–Trinajstić information content (AvgIpc) is 2.15. The molecule has 2 atom stereocenters. The van der Waals surface area contributed by atoms with Crippen molar-refractivity contribution in [1.82, 2.24) is 0 Å². The summed E-state index contributed by atoms with van der Waals surface area (Å²) in [7, 11) is 0. The van der Waals surface area contributed by atoms with Crippen molar-refractivity contribution in [1.29, 1.82) is 0 Å². The summed E-state index contributed by atoms with van der Waals surface area (Å²) in [5, 5.41) is 0. The lowest BCUT2D eigenvalue weighted by Gasteiger charge is -2.04. The molecule has 0 saturated carbocycles. The molecule has 0 spiro atoms. The van der Waals surface area contributed by atoms with E-state index in [1.54, 1.807) is 0 Å². The number of carbonyl (C=O) groups excluding carboxylic acids is 1. The Morgan fingerprint density at radius 3 is 2.78 bits per heavy atom. The van der Waals surface area contributed by atoms with Gasteiger partial charge in [0.15, 0.2) is 0 Å². The van der Waals surface area contributed by atoms with E-state index in [-0.39, 0.29) is 17.8 Å². The normalized spacial score (nSPS) is 34.7. The van der Waals surface area contributed by atoms with Crippen LogP contribution in [0.25, 0.3) is 0 Å². The lowest BCUT2D eigenvalue weighted by atomic mass is 9.98. The summed E-state index contributed by atoms with van der Waals surface area (Å²) in [5.41, 5.74) is 5.35. The lowest BCUT2D eigenvalue weighted by Crippen LogP contribution is -2.20. The molecule has 1 aliphatic heterocycles. The standard InChI is InChI=1S/C6H11NO2/c1-4-5(2-7)3-9-6(4)8/h4-5H,2-3,7H2,1H3. The van der Waals surface area contributed by atoms with E-state index >= 15 is 0 Å². The zero-order valence-corrected chi connectivity index (χ0v) is 5.46. The fraction of sp³-hybridized carbons (Fsp3) is 0.833. The third kappa shape index (κ3) is 1.05. The van der Waals surface area contributed by atoms with Crippen LogP contribution in [0.5, 0.6) is 0 Å². The minimum absolute atomic E-state index is 0.00926. The highest BCUT2D eigenvalue weighted by Gasteiger charge is 2.31. The fourth-order valence-electron chi connectivity index (χ4n) is 0.930. The molecule has 0 bridgehead atoms. The first kappa shape index (κ1) is 6.55. The summed E-state index contributed by atoms with van der Waals surface area (Å²) in [5.74, 6) is 0.151. The van der Waals surface area contributed by atoms with Crippen molar-refractivity contribution < 1.29 is 9.53 Å². The molecule has 1 fully saturated rings. The first-order chi connectivity index (χ1) is 4.25. The van der Waals surface area contributed by atoms with Crippen LogP contribution >= 0.6 is 0 Å².